The Balaban J connectivity index is 1.30. The van der Waals surface area contributed by atoms with E-state index < -0.39 is 11.7 Å². The van der Waals surface area contributed by atoms with Crippen molar-refractivity contribution in [2.24, 2.45) is 5.92 Å². The van der Waals surface area contributed by atoms with Crippen molar-refractivity contribution in [1.29, 1.82) is 0 Å². The topological polar surface area (TPSA) is 68.4 Å². The van der Waals surface area contributed by atoms with Gasteiger partial charge in [0.25, 0.3) is 0 Å². The van der Waals surface area contributed by atoms with Crippen molar-refractivity contribution in [3.05, 3.63) is 107 Å². The number of piperazine rings is 1. The molecule has 1 N–H and O–H groups in total. The molecule has 230 valence electrons. The normalized spacial score (nSPS) is 32.7. The molecular formula is C35H40FN5O3. The molecule has 44 heavy (non-hydrogen) atoms. The van der Waals surface area contributed by atoms with Crippen LogP contribution in [0.2, 0.25) is 0 Å². The van der Waals surface area contributed by atoms with Crippen LogP contribution in [0.5, 0.6) is 0 Å². The van der Waals surface area contributed by atoms with E-state index in [0.29, 0.717) is 6.54 Å². The van der Waals surface area contributed by atoms with E-state index in [2.05, 4.69) is 78.7 Å². The molecule has 7 rings (SSSR count). The van der Waals surface area contributed by atoms with Gasteiger partial charge >= 0.3 is 6.03 Å². The van der Waals surface area contributed by atoms with Gasteiger partial charge in [-0.15, -0.1) is 0 Å². The summed E-state index contributed by atoms with van der Waals surface area (Å²) in [4.78, 5) is 32.6. The van der Waals surface area contributed by atoms with Crippen molar-refractivity contribution in [3.63, 3.8) is 0 Å². The monoisotopic (exact) mass is 597 g/mol. The smallest absolute Gasteiger partial charge is 0.334 e. The van der Waals surface area contributed by atoms with Crippen LogP contribution in [0, 0.1) is 11.7 Å². The molecule has 0 aromatic heterocycles. The molecule has 3 saturated heterocycles. The molecule has 0 aliphatic carbocycles. The molecular weight excluding hydrogens is 557 g/mol. The van der Waals surface area contributed by atoms with Crippen LogP contribution >= 0.6 is 0 Å². The Morgan fingerprint density at radius 1 is 1.09 bits per heavy atom. The molecule has 5 aliphatic heterocycles. The maximum atomic E-state index is 14.1. The second kappa shape index (κ2) is 11.3. The number of benzene rings is 2. The van der Waals surface area contributed by atoms with E-state index in [1.807, 2.05) is 11.0 Å². The third-order valence-electron chi connectivity index (χ3n) is 10.3. The molecule has 3 amide bonds. The number of hydrogen-bond donors (Lipinski definition) is 1. The number of carbonyl (C=O) groups excluding carboxylic acids is 2. The van der Waals surface area contributed by atoms with Gasteiger partial charge in [-0.05, 0) is 40.8 Å². The van der Waals surface area contributed by atoms with E-state index in [4.69, 9.17) is 4.74 Å². The number of carbonyl (C=O) groups is 2. The number of fused-ring (bicyclic) bond motifs is 2. The number of likely N-dealkylation sites (N-methyl/N-ethyl adjacent to an activating group) is 1. The lowest BCUT2D eigenvalue weighted by Crippen LogP contribution is -2.89. The zero-order chi connectivity index (χ0) is 30.6. The molecule has 2 aromatic carbocycles. The fourth-order valence-corrected chi connectivity index (χ4v) is 8.11. The Hall–Kier alpha value is -3.79. The highest BCUT2D eigenvalue weighted by Crippen LogP contribution is 2.54. The van der Waals surface area contributed by atoms with Gasteiger partial charge in [0.15, 0.2) is 0 Å². The number of urea groups is 1. The van der Waals surface area contributed by atoms with E-state index in [1.165, 1.54) is 23.3 Å². The van der Waals surface area contributed by atoms with Crippen LogP contribution in [0.1, 0.15) is 37.3 Å². The van der Waals surface area contributed by atoms with E-state index in [1.54, 1.807) is 29.2 Å². The summed E-state index contributed by atoms with van der Waals surface area (Å²) in [7, 11) is 1.80. The highest BCUT2D eigenvalue weighted by molar-refractivity contribution is 5.83. The lowest BCUT2D eigenvalue weighted by Gasteiger charge is -2.70. The largest absolute Gasteiger partial charge is 0.363 e. The Kier molecular flexibility index (Phi) is 7.43. The highest BCUT2D eigenvalue weighted by Gasteiger charge is 2.70. The van der Waals surface area contributed by atoms with Crippen LogP contribution in [-0.4, -0.2) is 88.4 Å². The minimum atomic E-state index is -0.499. The molecule has 5 unspecified atom stereocenters. The lowest BCUT2D eigenvalue weighted by molar-refractivity contribution is -0.291. The summed E-state index contributed by atoms with van der Waals surface area (Å²) in [6.45, 7) is 5.99. The molecule has 1 spiro atoms. The fourth-order valence-electron chi connectivity index (χ4n) is 8.11. The molecule has 8 nitrogen and oxygen atoms in total. The van der Waals surface area contributed by atoms with Gasteiger partial charge in [0.2, 0.25) is 5.91 Å². The van der Waals surface area contributed by atoms with Gasteiger partial charge in [-0.25, -0.2) is 19.2 Å². The van der Waals surface area contributed by atoms with Crippen LogP contribution in [0.25, 0.3) is 0 Å². The van der Waals surface area contributed by atoms with Crippen molar-refractivity contribution in [3.8, 4) is 0 Å². The van der Waals surface area contributed by atoms with Crippen LogP contribution in [0.3, 0.4) is 0 Å². The van der Waals surface area contributed by atoms with E-state index in [0.717, 1.165) is 18.5 Å². The number of rotatable bonds is 5. The molecule has 3 bridgehead atoms. The number of nitrogens with one attached hydrogen (secondary N) is 1. The Morgan fingerprint density at radius 3 is 2.61 bits per heavy atom. The first-order chi connectivity index (χ1) is 21.3. The molecule has 9 heteroatoms. The van der Waals surface area contributed by atoms with Crippen LogP contribution < -0.4 is 5.32 Å². The van der Waals surface area contributed by atoms with Crippen LogP contribution in [0.4, 0.5) is 9.18 Å². The number of hydrogen-bond acceptors (Lipinski definition) is 5. The van der Waals surface area contributed by atoms with Gasteiger partial charge in [-0.1, -0.05) is 87.0 Å². The van der Waals surface area contributed by atoms with E-state index >= 15 is 0 Å². The predicted octanol–water partition coefficient (Wildman–Crippen LogP) is 4.44. The second-order valence-electron chi connectivity index (χ2n) is 12.7. The summed E-state index contributed by atoms with van der Waals surface area (Å²) < 4.78 is 20.1. The SMILES string of the molecule is CCC(C)[C@@H]1N2C(=O)CN(C)N(C(=O)NCc3ccc(F)cc3)[C@H]2CN2CC(c3ccccc3)C3=CC4OC(/C=C\C=C3)C412. The maximum absolute atomic E-state index is 14.1. The first kappa shape index (κ1) is 29.0. The van der Waals surface area contributed by atoms with E-state index in [9.17, 15) is 14.0 Å². The first-order valence-corrected chi connectivity index (χ1v) is 15.7. The maximum Gasteiger partial charge on any atom is 0.334 e. The minimum Gasteiger partial charge on any atom is -0.363 e. The second-order valence-corrected chi connectivity index (χ2v) is 12.7. The summed E-state index contributed by atoms with van der Waals surface area (Å²) in [5, 5.41) is 6.49. The number of allylic oxidation sites excluding steroid dienone is 3. The van der Waals surface area contributed by atoms with Gasteiger partial charge < -0.3 is 15.0 Å². The summed E-state index contributed by atoms with van der Waals surface area (Å²) in [5.74, 6) is -0.0398. The Bertz CT molecular complexity index is 1510. The van der Waals surface area contributed by atoms with Gasteiger partial charge in [-0.2, -0.15) is 0 Å². The minimum absolute atomic E-state index is 0.0221. The number of halogens is 1. The molecule has 0 saturated carbocycles. The van der Waals surface area contributed by atoms with Gasteiger partial charge in [-0.3, -0.25) is 9.69 Å². The Morgan fingerprint density at radius 2 is 1.86 bits per heavy atom. The van der Waals surface area contributed by atoms with Crippen LogP contribution in [-0.2, 0) is 16.1 Å². The molecule has 0 radical (unpaired) electrons. The average molecular weight is 598 g/mol. The molecule has 7 atom stereocenters. The van der Waals surface area contributed by atoms with Crippen LogP contribution in [0.15, 0.2) is 90.6 Å². The zero-order valence-electron chi connectivity index (χ0n) is 25.5. The number of ether oxygens (including phenoxy) is 1. The fraction of sp³-hybridized carbons (Fsp3) is 0.429. The average Bonchev–Trinajstić information content (AvgIpc) is 3.11. The summed E-state index contributed by atoms with van der Waals surface area (Å²) in [5.41, 5.74) is 2.77. The van der Waals surface area contributed by atoms with Gasteiger partial charge in [0.05, 0.1) is 12.6 Å². The number of nitrogens with zero attached hydrogens (tertiary/aromatic N) is 4. The van der Waals surface area contributed by atoms with Crippen molar-refractivity contribution in [2.75, 3.05) is 26.7 Å². The van der Waals surface area contributed by atoms with Crippen molar-refractivity contribution < 1.29 is 18.7 Å². The summed E-state index contributed by atoms with van der Waals surface area (Å²) in [6, 6.07) is 16.2. The van der Waals surface area contributed by atoms with Gasteiger partial charge in [0.1, 0.15) is 29.7 Å². The predicted molar refractivity (Wildman–Crippen MR) is 165 cm³/mol. The first-order valence-electron chi connectivity index (χ1n) is 15.7. The summed E-state index contributed by atoms with van der Waals surface area (Å²) >= 11 is 0. The molecule has 5 aliphatic rings. The standard InChI is InChI=1S/C35H40FN5O3/c1-4-23(2)33-35-29-13-9-8-12-26(18-30(35)44-29)28(25-10-6-5-7-11-25)20-39(35)21-31-40(33)32(42)22-38(3)41(31)34(43)37-19-24-14-16-27(36)17-15-24/h5-18,23,28-31,33H,4,19-22H2,1-3H3,(H,37,43)/b12-8?,13-9-/t23?,28?,29?,30?,31-,33-,35?/m0/s1. The third kappa shape index (κ3) is 4.52. The van der Waals surface area contributed by atoms with E-state index in [-0.39, 0.29) is 60.9 Å². The van der Waals surface area contributed by atoms with Crippen molar-refractivity contribution in [2.45, 2.75) is 62.7 Å². The molecule has 3 fully saturated rings. The highest BCUT2D eigenvalue weighted by atomic mass is 19.1. The quantitative estimate of drug-likeness (QED) is 0.552. The lowest BCUT2D eigenvalue weighted by atomic mass is 9.65. The number of hydrazine groups is 1. The summed E-state index contributed by atoms with van der Waals surface area (Å²) in [6.07, 6.45) is 10.8. The zero-order valence-corrected chi connectivity index (χ0v) is 25.5. The number of amides is 3. The van der Waals surface area contributed by atoms with Crippen molar-refractivity contribution in [1.82, 2.24) is 25.1 Å². The molecule has 5 heterocycles. The van der Waals surface area contributed by atoms with Crippen molar-refractivity contribution >= 4 is 11.9 Å². The van der Waals surface area contributed by atoms with Gasteiger partial charge in [0, 0.05) is 32.6 Å². The Labute approximate surface area is 258 Å². The molecule has 2 aromatic rings. The third-order valence-corrected chi connectivity index (χ3v) is 10.3.